The Morgan fingerprint density at radius 3 is 1.35 bits per heavy atom. The smallest absolute Gasteiger partial charge is 0.135 e. The van der Waals surface area contributed by atoms with Crippen molar-refractivity contribution >= 4 is 65.6 Å². The van der Waals surface area contributed by atoms with Crippen LogP contribution in [0.1, 0.15) is 0 Å². The summed E-state index contributed by atoms with van der Waals surface area (Å²) in [4.78, 5) is 0. The second-order valence-electron chi connectivity index (χ2n) is 13.4. The van der Waals surface area contributed by atoms with Crippen LogP contribution in [0.4, 0.5) is 0 Å². The third-order valence-electron chi connectivity index (χ3n) is 10.5. The molecule has 0 atom stereocenters. The Balaban J connectivity index is 1.02. The van der Waals surface area contributed by atoms with Crippen LogP contribution in [0, 0.1) is 0 Å². The van der Waals surface area contributed by atoms with Gasteiger partial charge in [0.1, 0.15) is 11.2 Å². The molecule has 0 amide bonds. The fourth-order valence-electron chi connectivity index (χ4n) is 8.15. The highest BCUT2D eigenvalue weighted by atomic mass is 16.3. The number of hydrogen-bond acceptors (Lipinski definition) is 1. The number of aromatic nitrogens is 2. The molecule has 11 aromatic rings. The number of fused-ring (bicyclic) bond motifs is 9. The normalized spacial score (nSPS) is 11.9. The van der Waals surface area contributed by atoms with E-state index >= 15 is 0 Å². The van der Waals surface area contributed by atoms with Gasteiger partial charge in [0.15, 0.2) is 0 Å². The molecule has 3 nitrogen and oxygen atoms in total. The van der Waals surface area contributed by atoms with E-state index in [0.29, 0.717) is 0 Å². The molecule has 0 fully saturated rings. The third-order valence-corrected chi connectivity index (χ3v) is 10.5. The minimum absolute atomic E-state index is 0.917. The summed E-state index contributed by atoms with van der Waals surface area (Å²) in [5.41, 5.74) is 13.8. The maximum Gasteiger partial charge on any atom is 0.135 e. The van der Waals surface area contributed by atoms with Crippen molar-refractivity contribution < 1.29 is 4.42 Å². The summed E-state index contributed by atoms with van der Waals surface area (Å²) < 4.78 is 10.8. The van der Waals surface area contributed by atoms with Crippen molar-refractivity contribution in [2.24, 2.45) is 0 Å². The first-order valence-electron chi connectivity index (χ1n) is 17.4. The highest BCUT2D eigenvalue weighted by Crippen LogP contribution is 2.39. The fourth-order valence-corrected chi connectivity index (χ4v) is 8.15. The third kappa shape index (κ3) is 4.25. The molecule has 0 aliphatic carbocycles. The van der Waals surface area contributed by atoms with Crippen LogP contribution >= 0.6 is 0 Å². The topological polar surface area (TPSA) is 23.0 Å². The van der Waals surface area contributed by atoms with Gasteiger partial charge in [-0.2, -0.15) is 0 Å². The molecule has 0 saturated heterocycles. The Hall–Kier alpha value is -6.84. The average molecular weight is 651 g/mol. The number of hydrogen-bond donors (Lipinski definition) is 0. The molecule has 238 valence electrons. The molecule has 8 aromatic carbocycles. The SMILES string of the molecule is c1ccc(-n2c3ccccc3c3cc(-c4ccc5c(c4)c4ccccc4n5-c4ccc(-c5ccc6oc7ccccc7c6c5)cc4)ccc32)cc1. The molecular formula is C48H30N2O. The standard InChI is InChI=1S/C48H30N2O/c1-2-10-35(11-3-1)49-43-15-7-4-12-37(43)40-28-33(20-25-45(40)49)34-21-26-46-41(29-34)38-13-5-8-16-44(38)50(46)36-23-18-31(19-24-36)32-22-27-48-42(30-32)39-14-6-9-17-47(39)51-48/h1-30H. The quantitative estimate of drug-likeness (QED) is 0.186. The van der Waals surface area contributed by atoms with E-state index in [1.54, 1.807) is 0 Å². The Bertz CT molecular complexity index is 3120. The lowest BCUT2D eigenvalue weighted by Gasteiger charge is -2.10. The van der Waals surface area contributed by atoms with Gasteiger partial charge in [0.25, 0.3) is 0 Å². The van der Waals surface area contributed by atoms with Crippen LogP contribution < -0.4 is 0 Å². The van der Waals surface area contributed by atoms with Gasteiger partial charge in [-0.3, -0.25) is 0 Å². The molecule has 0 saturated carbocycles. The molecule has 0 spiro atoms. The van der Waals surface area contributed by atoms with Gasteiger partial charge >= 0.3 is 0 Å². The summed E-state index contributed by atoms with van der Waals surface area (Å²) in [5, 5.41) is 7.31. The lowest BCUT2D eigenvalue weighted by molar-refractivity contribution is 0.669. The average Bonchev–Trinajstić information content (AvgIpc) is 3.85. The van der Waals surface area contributed by atoms with Crippen LogP contribution in [0.3, 0.4) is 0 Å². The minimum Gasteiger partial charge on any atom is -0.456 e. The van der Waals surface area contributed by atoms with E-state index in [1.165, 1.54) is 71.6 Å². The largest absolute Gasteiger partial charge is 0.456 e. The van der Waals surface area contributed by atoms with Gasteiger partial charge in [-0.15, -0.1) is 0 Å². The van der Waals surface area contributed by atoms with Crippen LogP contribution in [0.15, 0.2) is 186 Å². The Kier molecular flexibility index (Phi) is 5.96. The molecule has 3 heteroatoms. The zero-order valence-corrected chi connectivity index (χ0v) is 27.6. The molecule has 0 bridgehead atoms. The molecule has 0 N–H and O–H groups in total. The van der Waals surface area contributed by atoms with E-state index in [4.69, 9.17) is 4.42 Å². The minimum atomic E-state index is 0.917. The Morgan fingerprint density at radius 1 is 0.275 bits per heavy atom. The summed E-state index contributed by atoms with van der Waals surface area (Å²) in [5.74, 6) is 0. The highest BCUT2D eigenvalue weighted by Gasteiger charge is 2.16. The number of furan rings is 1. The van der Waals surface area contributed by atoms with Gasteiger partial charge in [-0.25, -0.2) is 0 Å². The van der Waals surface area contributed by atoms with E-state index in [1.807, 2.05) is 12.1 Å². The van der Waals surface area contributed by atoms with Crippen molar-refractivity contribution in [3.05, 3.63) is 182 Å². The molecule has 3 heterocycles. The van der Waals surface area contributed by atoms with Gasteiger partial charge in [-0.1, -0.05) is 103 Å². The van der Waals surface area contributed by atoms with Gasteiger partial charge in [-0.05, 0) is 101 Å². The van der Waals surface area contributed by atoms with Crippen LogP contribution in [0.2, 0.25) is 0 Å². The van der Waals surface area contributed by atoms with E-state index < -0.39 is 0 Å². The fraction of sp³-hybridized carbons (Fsp3) is 0. The molecule has 0 radical (unpaired) electrons. The van der Waals surface area contributed by atoms with Crippen LogP contribution in [-0.4, -0.2) is 9.13 Å². The van der Waals surface area contributed by atoms with Crippen molar-refractivity contribution in [3.63, 3.8) is 0 Å². The van der Waals surface area contributed by atoms with Crippen molar-refractivity contribution in [3.8, 4) is 33.6 Å². The first-order chi connectivity index (χ1) is 25.3. The molecule has 3 aromatic heterocycles. The number of para-hydroxylation sites is 4. The van der Waals surface area contributed by atoms with Gasteiger partial charge in [0, 0.05) is 43.7 Å². The summed E-state index contributed by atoms with van der Waals surface area (Å²) in [6.45, 7) is 0. The predicted molar refractivity (Wildman–Crippen MR) is 213 cm³/mol. The lowest BCUT2D eigenvalue weighted by atomic mass is 10.0. The van der Waals surface area contributed by atoms with Crippen molar-refractivity contribution in [1.82, 2.24) is 9.13 Å². The van der Waals surface area contributed by atoms with Crippen molar-refractivity contribution in [2.75, 3.05) is 0 Å². The molecule has 0 unspecified atom stereocenters. The molecule has 0 aliphatic heterocycles. The van der Waals surface area contributed by atoms with Gasteiger partial charge in [0.05, 0.1) is 22.1 Å². The summed E-state index contributed by atoms with van der Waals surface area (Å²) in [7, 11) is 0. The first kappa shape index (κ1) is 28.0. The summed E-state index contributed by atoms with van der Waals surface area (Å²) in [6.07, 6.45) is 0. The second kappa shape index (κ2) is 10.8. The Labute approximate surface area is 293 Å². The monoisotopic (exact) mass is 650 g/mol. The number of rotatable bonds is 4. The van der Waals surface area contributed by atoms with E-state index in [9.17, 15) is 0 Å². The van der Waals surface area contributed by atoms with Gasteiger partial charge < -0.3 is 13.6 Å². The van der Waals surface area contributed by atoms with Crippen LogP contribution in [0.25, 0.3) is 99.2 Å². The first-order valence-corrected chi connectivity index (χ1v) is 17.4. The molecule has 0 aliphatic rings. The van der Waals surface area contributed by atoms with Crippen molar-refractivity contribution in [2.45, 2.75) is 0 Å². The molecular weight excluding hydrogens is 621 g/mol. The summed E-state index contributed by atoms with van der Waals surface area (Å²) >= 11 is 0. The van der Waals surface area contributed by atoms with E-state index in [2.05, 4.69) is 179 Å². The van der Waals surface area contributed by atoms with Crippen molar-refractivity contribution in [1.29, 1.82) is 0 Å². The highest BCUT2D eigenvalue weighted by molar-refractivity contribution is 6.13. The predicted octanol–water partition coefficient (Wildman–Crippen LogP) is 13.1. The van der Waals surface area contributed by atoms with Crippen LogP contribution in [-0.2, 0) is 0 Å². The van der Waals surface area contributed by atoms with E-state index in [-0.39, 0.29) is 0 Å². The maximum absolute atomic E-state index is 6.08. The van der Waals surface area contributed by atoms with E-state index in [0.717, 1.165) is 27.6 Å². The van der Waals surface area contributed by atoms with Crippen LogP contribution in [0.5, 0.6) is 0 Å². The molecule has 11 rings (SSSR count). The maximum atomic E-state index is 6.08. The molecule has 51 heavy (non-hydrogen) atoms. The summed E-state index contributed by atoms with van der Waals surface area (Å²) in [6, 6.07) is 65.6. The number of benzene rings is 8. The number of nitrogens with zero attached hydrogens (tertiary/aromatic N) is 2. The zero-order valence-electron chi connectivity index (χ0n) is 27.6. The zero-order chi connectivity index (χ0) is 33.5. The van der Waals surface area contributed by atoms with Gasteiger partial charge in [0.2, 0.25) is 0 Å². The Morgan fingerprint density at radius 2 is 0.706 bits per heavy atom. The second-order valence-corrected chi connectivity index (χ2v) is 13.4. The lowest BCUT2D eigenvalue weighted by Crippen LogP contribution is -1.94.